The number of benzene rings is 1. The van der Waals surface area contributed by atoms with E-state index in [-0.39, 0.29) is 24.9 Å². The van der Waals surface area contributed by atoms with Crippen molar-refractivity contribution in [2.45, 2.75) is 32.5 Å². The van der Waals surface area contributed by atoms with Crippen LogP contribution in [-0.2, 0) is 20.7 Å². The van der Waals surface area contributed by atoms with Crippen LogP contribution in [0.15, 0.2) is 62.2 Å². The highest BCUT2D eigenvalue weighted by Gasteiger charge is 2.21. The third-order valence-electron chi connectivity index (χ3n) is 4.71. The Hall–Kier alpha value is -3.02. The first-order valence-electron chi connectivity index (χ1n) is 9.83. The molecular formula is C25H30N2O3. The second-order valence-corrected chi connectivity index (χ2v) is 6.85. The number of aryl methyl sites for hydroxylation is 1. The van der Waals surface area contributed by atoms with E-state index in [0.29, 0.717) is 5.82 Å². The van der Waals surface area contributed by atoms with Crippen molar-refractivity contribution >= 4 is 18.1 Å². The predicted molar refractivity (Wildman–Crippen MR) is 123 cm³/mol. The third kappa shape index (κ3) is 5.53. The van der Waals surface area contributed by atoms with Gasteiger partial charge in [-0.2, -0.15) is 0 Å². The van der Waals surface area contributed by atoms with Gasteiger partial charge in [0, 0.05) is 18.9 Å². The minimum atomic E-state index is -0.447. The van der Waals surface area contributed by atoms with Crippen LogP contribution in [0.25, 0.3) is 23.5 Å². The normalized spacial score (nSPS) is 13.2. The smallest absolute Gasteiger partial charge is 0.164 e. The fourth-order valence-electron chi connectivity index (χ4n) is 3.14. The van der Waals surface area contributed by atoms with E-state index in [1.165, 1.54) is 0 Å². The van der Waals surface area contributed by atoms with E-state index in [0.717, 1.165) is 22.5 Å². The lowest BCUT2D eigenvalue weighted by atomic mass is 10.1. The molecule has 2 aromatic rings. The van der Waals surface area contributed by atoms with E-state index in [9.17, 15) is 4.79 Å². The van der Waals surface area contributed by atoms with Crippen LogP contribution >= 0.6 is 0 Å². The van der Waals surface area contributed by atoms with Crippen molar-refractivity contribution in [3.8, 4) is 11.3 Å². The SMILES string of the molecule is C=Cc1nc(-c2ccc(C)cc2)c(CC(=O)COC(C=C)C(C=C)OC)n1C=CC. The molecule has 0 bridgehead atoms. The summed E-state index contributed by atoms with van der Waals surface area (Å²) in [5.74, 6) is 0.609. The average Bonchev–Trinajstić information content (AvgIpc) is 3.09. The van der Waals surface area contributed by atoms with Gasteiger partial charge in [0.15, 0.2) is 5.78 Å². The van der Waals surface area contributed by atoms with Gasteiger partial charge in [-0.1, -0.05) is 54.6 Å². The van der Waals surface area contributed by atoms with Gasteiger partial charge in [-0.15, -0.1) is 13.2 Å². The summed E-state index contributed by atoms with van der Waals surface area (Å²) in [6, 6.07) is 8.08. The third-order valence-corrected chi connectivity index (χ3v) is 4.71. The molecule has 5 heteroatoms. The number of hydrogen-bond acceptors (Lipinski definition) is 4. The van der Waals surface area contributed by atoms with Crippen molar-refractivity contribution in [3.63, 3.8) is 0 Å². The van der Waals surface area contributed by atoms with E-state index >= 15 is 0 Å². The zero-order valence-corrected chi connectivity index (χ0v) is 18.0. The number of rotatable bonds is 12. The standard InChI is InChI=1S/C25H30N2O3/c1-7-15-27-21(16-20(28)17-30-23(9-3)22(8-2)29-6)25(26-24(27)10-4)19-13-11-18(5)12-14-19/h7-15,22-23H,2-4,16-17H2,1,5-6H3. The molecule has 2 atom stereocenters. The minimum absolute atomic E-state index is 0.0673. The van der Waals surface area contributed by atoms with Gasteiger partial charge < -0.3 is 14.0 Å². The highest BCUT2D eigenvalue weighted by Crippen LogP contribution is 2.26. The van der Waals surface area contributed by atoms with Gasteiger partial charge in [-0.05, 0) is 19.9 Å². The molecule has 1 heterocycles. The Labute approximate surface area is 179 Å². The number of carbonyl (C=O) groups excluding carboxylic acids is 1. The Morgan fingerprint density at radius 3 is 2.37 bits per heavy atom. The predicted octanol–water partition coefficient (Wildman–Crippen LogP) is 4.88. The van der Waals surface area contributed by atoms with Crippen molar-refractivity contribution in [2.24, 2.45) is 0 Å². The first kappa shape index (κ1) is 23.3. The molecule has 0 aliphatic carbocycles. The molecule has 0 N–H and O–H groups in total. The number of imidazole rings is 1. The molecule has 2 unspecified atom stereocenters. The van der Waals surface area contributed by atoms with Crippen molar-refractivity contribution in [1.82, 2.24) is 9.55 Å². The van der Waals surface area contributed by atoms with Gasteiger partial charge in [0.05, 0.1) is 17.8 Å². The minimum Gasteiger partial charge on any atom is -0.374 e. The van der Waals surface area contributed by atoms with Gasteiger partial charge in [-0.25, -0.2) is 4.98 Å². The Bertz CT molecular complexity index is 923. The summed E-state index contributed by atoms with van der Waals surface area (Å²) >= 11 is 0. The summed E-state index contributed by atoms with van der Waals surface area (Å²) in [4.78, 5) is 17.5. The van der Waals surface area contributed by atoms with Crippen LogP contribution in [0, 0.1) is 6.92 Å². The number of methoxy groups -OCH3 is 1. The Balaban J connectivity index is 2.32. The Morgan fingerprint density at radius 2 is 1.83 bits per heavy atom. The molecule has 1 aromatic heterocycles. The Morgan fingerprint density at radius 1 is 1.17 bits per heavy atom. The maximum atomic E-state index is 12.8. The number of aromatic nitrogens is 2. The molecule has 0 aliphatic heterocycles. The summed E-state index contributed by atoms with van der Waals surface area (Å²) in [7, 11) is 1.56. The zero-order chi connectivity index (χ0) is 22.1. The van der Waals surface area contributed by atoms with Gasteiger partial charge in [0.25, 0.3) is 0 Å². The zero-order valence-electron chi connectivity index (χ0n) is 18.0. The number of hydrogen-bond donors (Lipinski definition) is 0. The summed E-state index contributed by atoms with van der Waals surface area (Å²) in [5.41, 5.74) is 3.66. The molecule has 0 fully saturated rings. The summed E-state index contributed by atoms with van der Waals surface area (Å²) < 4.78 is 12.9. The topological polar surface area (TPSA) is 53.4 Å². The maximum absolute atomic E-state index is 12.8. The molecule has 0 radical (unpaired) electrons. The van der Waals surface area contributed by atoms with Gasteiger partial charge in [-0.3, -0.25) is 4.79 Å². The lowest BCUT2D eigenvalue weighted by Crippen LogP contribution is -2.29. The van der Waals surface area contributed by atoms with Crippen LogP contribution in [-0.4, -0.2) is 41.3 Å². The van der Waals surface area contributed by atoms with Crippen molar-refractivity contribution in [1.29, 1.82) is 0 Å². The lowest BCUT2D eigenvalue weighted by molar-refractivity contribution is -0.125. The highest BCUT2D eigenvalue weighted by atomic mass is 16.5. The summed E-state index contributed by atoms with van der Waals surface area (Å²) in [6.07, 6.45) is 8.07. The van der Waals surface area contributed by atoms with E-state index in [2.05, 4.69) is 19.7 Å². The molecule has 1 aromatic carbocycles. The number of ketones is 1. The van der Waals surface area contributed by atoms with Crippen LogP contribution in [0.4, 0.5) is 0 Å². The highest BCUT2D eigenvalue weighted by molar-refractivity contribution is 5.84. The van der Waals surface area contributed by atoms with E-state index in [4.69, 9.17) is 14.5 Å². The molecule has 158 valence electrons. The van der Waals surface area contributed by atoms with Gasteiger partial charge in [0.1, 0.15) is 24.6 Å². The van der Waals surface area contributed by atoms with Gasteiger partial charge in [0.2, 0.25) is 0 Å². The maximum Gasteiger partial charge on any atom is 0.164 e. The second kappa shape index (κ2) is 11.2. The van der Waals surface area contributed by atoms with Crippen molar-refractivity contribution in [3.05, 3.63) is 79.3 Å². The summed E-state index contributed by atoms with van der Waals surface area (Å²) in [6.45, 7) is 15.2. The number of ether oxygens (including phenoxy) is 2. The molecule has 0 amide bonds. The van der Waals surface area contributed by atoms with E-state index in [1.807, 2.05) is 55.0 Å². The molecule has 30 heavy (non-hydrogen) atoms. The molecule has 2 rings (SSSR count). The Kier molecular flexibility index (Phi) is 8.71. The average molecular weight is 407 g/mol. The number of nitrogens with zero attached hydrogens (tertiary/aromatic N) is 2. The molecule has 0 saturated carbocycles. The van der Waals surface area contributed by atoms with E-state index in [1.54, 1.807) is 25.3 Å². The first-order chi connectivity index (χ1) is 14.5. The van der Waals surface area contributed by atoms with Crippen LogP contribution in [0.3, 0.4) is 0 Å². The van der Waals surface area contributed by atoms with Crippen LogP contribution < -0.4 is 0 Å². The number of carbonyl (C=O) groups is 1. The number of allylic oxidation sites excluding steroid dienone is 1. The van der Waals surface area contributed by atoms with Gasteiger partial charge >= 0.3 is 0 Å². The number of Topliss-reactive ketones (excluding diaryl/α,β-unsaturated/α-hetero) is 1. The molecule has 0 saturated heterocycles. The van der Waals surface area contributed by atoms with Crippen molar-refractivity contribution in [2.75, 3.05) is 13.7 Å². The monoisotopic (exact) mass is 406 g/mol. The first-order valence-corrected chi connectivity index (χ1v) is 9.83. The largest absolute Gasteiger partial charge is 0.374 e. The molecule has 5 nitrogen and oxygen atoms in total. The van der Waals surface area contributed by atoms with Crippen LogP contribution in [0.2, 0.25) is 0 Å². The van der Waals surface area contributed by atoms with Crippen LogP contribution in [0.5, 0.6) is 0 Å². The van der Waals surface area contributed by atoms with E-state index < -0.39 is 6.10 Å². The molecule has 0 spiro atoms. The van der Waals surface area contributed by atoms with Crippen LogP contribution in [0.1, 0.15) is 24.0 Å². The molecule has 0 aliphatic rings. The van der Waals surface area contributed by atoms with Crippen molar-refractivity contribution < 1.29 is 14.3 Å². The fraction of sp³-hybridized carbons (Fsp3) is 0.280. The quantitative estimate of drug-likeness (QED) is 0.472. The molecular weight excluding hydrogens is 376 g/mol. The lowest BCUT2D eigenvalue weighted by Gasteiger charge is -2.20. The second-order valence-electron chi connectivity index (χ2n) is 6.85. The fourth-order valence-corrected chi connectivity index (χ4v) is 3.14. The summed E-state index contributed by atoms with van der Waals surface area (Å²) in [5, 5.41) is 0.